The maximum absolute atomic E-state index is 5.25. The number of piperidine rings is 1. The fourth-order valence-electron chi connectivity index (χ4n) is 1.93. The first-order chi connectivity index (χ1) is 6.86. The molecule has 1 N–H and O–H groups in total. The first kappa shape index (κ1) is 11.6. The first-order valence-corrected chi connectivity index (χ1v) is 5.76. The Hall–Kier alpha value is -0.520. The van der Waals surface area contributed by atoms with Crippen LogP contribution in [0.25, 0.3) is 0 Å². The summed E-state index contributed by atoms with van der Waals surface area (Å²) in [5, 5.41) is 3.58. The van der Waals surface area contributed by atoms with Crippen LogP contribution < -0.4 is 5.32 Å². The Morgan fingerprint density at radius 1 is 1.43 bits per heavy atom. The van der Waals surface area contributed by atoms with Gasteiger partial charge < -0.3 is 10.2 Å². The monoisotopic (exact) mass is 194 g/mol. The van der Waals surface area contributed by atoms with Crippen molar-refractivity contribution >= 4 is 0 Å². The van der Waals surface area contributed by atoms with Crippen molar-refractivity contribution in [1.82, 2.24) is 10.2 Å². The van der Waals surface area contributed by atoms with Crippen molar-refractivity contribution in [3.8, 4) is 12.3 Å². The lowest BCUT2D eigenvalue weighted by atomic mass is 10.0. The quantitative estimate of drug-likeness (QED) is 0.667. The van der Waals surface area contributed by atoms with E-state index in [-0.39, 0.29) is 0 Å². The van der Waals surface area contributed by atoms with Gasteiger partial charge in [0.2, 0.25) is 0 Å². The molecule has 0 aromatic carbocycles. The molecule has 0 aliphatic carbocycles. The molecular formula is C12H22N2. The van der Waals surface area contributed by atoms with Gasteiger partial charge in [-0.1, -0.05) is 6.92 Å². The molecule has 14 heavy (non-hydrogen) atoms. The average molecular weight is 194 g/mol. The predicted molar refractivity (Wildman–Crippen MR) is 61.2 cm³/mol. The molecular weight excluding hydrogens is 172 g/mol. The second-order valence-electron chi connectivity index (χ2n) is 4.02. The van der Waals surface area contributed by atoms with Gasteiger partial charge >= 0.3 is 0 Å². The minimum Gasteiger partial charge on any atom is -0.314 e. The summed E-state index contributed by atoms with van der Waals surface area (Å²) in [7, 11) is 0. The Morgan fingerprint density at radius 2 is 2.14 bits per heavy atom. The van der Waals surface area contributed by atoms with Crippen LogP contribution in [0, 0.1) is 12.3 Å². The number of likely N-dealkylation sites (tertiary alicyclic amines) is 1. The zero-order valence-electron chi connectivity index (χ0n) is 9.26. The third-order valence-electron chi connectivity index (χ3n) is 2.84. The van der Waals surface area contributed by atoms with Gasteiger partial charge in [0.15, 0.2) is 0 Å². The van der Waals surface area contributed by atoms with Crippen LogP contribution in [-0.2, 0) is 0 Å². The summed E-state index contributed by atoms with van der Waals surface area (Å²) < 4.78 is 0. The molecule has 2 heteroatoms. The zero-order chi connectivity index (χ0) is 10.2. The summed E-state index contributed by atoms with van der Waals surface area (Å²) in [4.78, 5) is 2.48. The Labute approximate surface area is 88.1 Å². The van der Waals surface area contributed by atoms with Crippen molar-refractivity contribution in [2.24, 2.45) is 0 Å². The molecule has 1 aliphatic rings. The van der Waals surface area contributed by atoms with E-state index in [0.29, 0.717) is 0 Å². The van der Waals surface area contributed by atoms with Crippen LogP contribution in [0.2, 0.25) is 0 Å². The molecule has 0 bridgehead atoms. The molecule has 0 aromatic heterocycles. The van der Waals surface area contributed by atoms with Gasteiger partial charge in [-0.05, 0) is 38.9 Å². The molecule has 2 nitrogen and oxygen atoms in total. The molecule has 1 saturated heterocycles. The van der Waals surface area contributed by atoms with E-state index in [1.807, 2.05) is 0 Å². The van der Waals surface area contributed by atoms with Gasteiger partial charge in [0.05, 0.1) is 0 Å². The molecule has 1 fully saturated rings. The number of terminal acetylenes is 1. The molecule has 0 unspecified atom stereocenters. The summed E-state index contributed by atoms with van der Waals surface area (Å²) in [5.41, 5.74) is 0. The average Bonchev–Trinajstić information content (AvgIpc) is 2.25. The minimum absolute atomic E-state index is 0.747. The second-order valence-corrected chi connectivity index (χ2v) is 4.02. The van der Waals surface area contributed by atoms with Gasteiger partial charge in [-0.25, -0.2) is 0 Å². The normalized spacial score (nSPS) is 19.4. The van der Waals surface area contributed by atoms with E-state index in [2.05, 4.69) is 23.1 Å². The zero-order valence-corrected chi connectivity index (χ0v) is 9.26. The van der Waals surface area contributed by atoms with Crippen LogP contribution in [0.5, 0.6) is 0 Å². The van der Waals surface area contributed by atoms with Crippen LogP contribution in [0.3, 0.4) is 0 Å². The van der Waals surface area contributed by atoms with Gasteiger partial charge in [-0.2, -0.15) is 0 Å². The van der Waals surface area contributed by atoms with Crippen LogP contribution in [0.4, 0.5) is 0 Å². The highest BCUT2D eigenvalue weighted by molar-refractivity contribution is 4.86. The van der Waals surface area contributed by atoms with Crippen LogP contribution >= 0.6 is 0 Å². The largest absolute Gasteiger partial charge is 0.314 e. The first-order valence-electron chi connectivity index (χ1n) is 5.76. The summed E-state index contributed by atoms with van der Waals surface area (Å²) in [6, 6.07) is 0.747. The van der Waals surface area contributed by atoms with E-state index >= 15 is 0 Å². The molecule has 0 amide bonds. The molecule has 0 atom stereocenters. The van der Waals surface area contributed by atoms with E-state index in [1.165, 1.54) is 32.4 Å². The highest BCUT2D eigenvalue weighted by Gasteiger charge is 2.17. The summed E-state index contributed by atoms with van der Waals surface area (Å²) in [6.07, 6.45) is 9.94. The lowest BCUT2D eigenvalue weighted by Gasteiger charge is -2.32. The summed E-state index contributed by atoms with van der Waals surface area (Å²) >= 11 is 0. The van der Waals surface area contributed by atoms with Gasteiger partial charge in [0, 0.05) is 19.0 Å². The number of hydrogen-bond acceptors (Lipinski definition) is 2. The standard InChI is InChI=1S/C12H22N2/c1-3-5-9-14-10-6-12(7-11-14)13-8-4-2/h1,12-13H,4-11H2,2H3. The maximum Gasteiger partial charge on any atom is 0.0214 e. The highest BCUT2D eigenvalue weighted by Crippen LogP contribution is 2.10. The maximum atomic E-state index is 5.25. The molecule has 1 rings (SSSR count). The van der Waals surface area contributed by atoms with E-state index in [1.54, 1.807) is 0 Å². The Morgan fingerprint density at radius 3 is 2.71 bits per heavy atom. The lowest BCUT2D eigenvalue weighted by Crippen LogP contribution is -2.42. The summed E-state index contributed by atoms with van der Waals surface area (Å²) in [5.74, 6) is 2.70. The molecule has 0 radical (unpaired) electrons. The Kier molecular flexibility index (Phi) is 5.66. The third kappa shape index (κ3) is 4.13. The Bertz CT molecular complexity index is 175. The molecule has 1 aliphatic heterocycles. The molecule has 0 spiro atoms. The highest BCUT2D eigenvalue weighted by atomic mass is 15.1. The second kappa shape index (κ2) is 6.86. The van der Waals surface area contributed by atoms with Crippen LogP contribution in [-0.4, -0.2) is 37.1 Å². The van der Waals surface area contributed by atoms with Gasteiger partial charge in [0.1, 0.15) is 0 Å². The Balaban J connectivity index is 2.09. The number of hydrogen-bond donors (Lipinski definition) is 1. The van der Waals surface area contributed by atoms with Gasteiger partial charge in [-0.3, -0.25) is 0 Å². The molecule has 0 aromatic rings. The lowest BCUT2D eigenvalue weighted by molar-refractivity contribution is 0.202. The fraction of sp³-hybridized carbons (Fsp3) is 0.833. The molecule has 0 saturated carbocycles. The number of rotatable bonds is 5. The third-order valence-corrected chi connectivity index (χ3v) is 2.84. The van der Waals surface area contributed by atoms with Crippen molar-refractivity contribution in [1.29, 1.82) is 0 Å². The van der Waals surface area contributed by atoms with Gasteiger partial charge in [-0.15, -0.1) is 12.3 Å². The smallest absolute Gasteiger partial charge is 0.0214 e. The summed E-state index contributed by atoms with van der Waals surface area (Å²) in [6.45, 7) is 6.88. The van der Waals surface area contributed by atoms with Crippen molar-refractivity contribution in [3.63, 3.8) is 0 Å². The molecule has 1 heterocycles. The van der Waals surface area contributed by atoms with Crippen LogP contribution in [0.1, 0.15) is 32.6 Å². The topological polar surface area (TPSA) is 15.3 Å². The van der Waals surface area contributed by atoms with Crippen molar-refractivity contribution < 1.29 is 0 Å². The van der Waals surface area contributed by atoms with Crippen LogP contribution in [0.15, 0.2) is 0 Å². The molecule has 80 valence electrons. The van der Waals surface area contributed by atoms with Crippen molar-refractivity contribution in [2.75, 3.05) is 26.2 Å². The van der Waals surface area contributed by atoms with Crippen molar-refractivity contribution in [3.05, 3.63) is 0 Å². The van der Waals surface area contributed by atoms with Crippen molar-refractivity contribution in [2.45, 2.75) is 38.6 Å². The minimum atomic E-state index is 0.747. The van der Waals surface area contributed by atoms with E-state index in [4.69, 9.17) is 6.42 Å². The van der Waals surface area contributed by atoms with E-state index in [0.717, 1.165) is 25.6 Å². The number of nitrogens with one attached hydrogen (secondary N) is 1. The SMILES string of the molecule is C#CCCN1CCC(NCCC)CC1. The predicted octanol–water partition coefficient (Wildman–Crippen LogP) is 1.47. The number of nitrogens with zero attached hydrogens (tertiary/aromatic N) is 1. The van der Waals surface area contributed by atoms with Gasteiger partial charge in [0.25, 0.3) is 0 Å². The van der Waals surface area contributed by atoms with E-state index in [9.17, 15) is 0 Å². The fourth-order valence-corrected chi connectivity index (χ4v) is 1.93. The van der Waals surface area contributed by atoms with E-state index < -0.39 is 0 Å².